The molecule has 0 unspecified atom stereocenters. The largest absolute Gasteiger partial charge is 0.332 e. The molecule has 0 aromatic heterocycles. The van der Waals surface area contributed by atoms with E-state index in [4.69, 9.17) is 11.6 Å². The first kappa shape index (κ1) is 11.8. The zero-order valence-electron chi connectivity index (χ0n) is 9.34. The lowest BCUT2D eigenvalue weighted by Crippen LogP contribution is -2.36. The van der Waals surface area contributed by atoms with E-state index in [-0.39, 0.29) is 29.6 Å². The molecule has 2 fully saturated rings. The van der Waals surface area contributed by atoms with Gasteiger partial charge >= 0.3 is 6.03 Å². The van der Waals surface area contributed by atoms with Crippen LogP contribution < -0.4 is 10.2 Å². The lowest BCUT2D eigenvalue weighted by Gasteiger charge is -2.21. The van der Waals surface area contributed by atoms with Gasteiger partial charge in [-0.3, -0.25) is 4.90 Å². The molecule has 0 saturated carbocycles. The van der Waals surface area contributed by atoms with Gasteiger partial charge in [0.25, 0.3) is 0 Å². The Kier molecular flexibility index (Phi) is 2.53. The number of hydrogen-bond donors (Lipinski definition) is 1. The summed E-state index contributed by atoms with van der Waals surface area (Å²) in [7, 11) is -3.07. The first-order chi connectivity index (χ1) is 8.46. The van der Waals surface area contributed by atoms with Crippen molar-refractivity contribution >= 4 is 33.2 Å². The Hall–Kier alpha value is -1.27. The van der Waals surface area contributed by atoms with Gasteiger partial charge in [-0.2, -0.15) is 0 Å². The molecule has 96 valence electrons. The molecule has 7 heteroatoms. The Morgan fingerprint density at radius 1 is 1.33 bits per heavy atom. The summed E-state index contributed by atoms with van der Waals surface area (Å²) in [5.41, 5.74) is 0.629. The van der Waals surface area contributed by atoms with Gasteiger partial charge in [0.15, 0.2) is 9.84 Å². The summed E-state index contributed by atoms with van der Waals surface area (Å²) < 4.78 is 23.2. The maximum atomic E-state index is 11.9. The third-order valence-electron chi connectivity index (χ3n) is 3.27. The van der Waals surface area contributed by atoms with Crippen molar-refractivity contribution in [2.24, 2.45) is 0 Å². The molecule has 1 N–H and O–H groups in total. The monoisotopic (exact) mass is 286 g/mol. The average molecular weight is 287 g/mol. The number of halogens is 1. The molecule has 0 spiro atoms. The third kappa shape index (κ3) is 1.85. The molecule has 2 aliphatic heterocycles. The van der Waals surface area contributed by atoms with E-state index in [0.717, 1.165) is 0 Å². The Bertz CT molecular complexity index is 616. The quantitative estimate of drug-likeness (QED) is 0.784. The highest BCUT2D eigenvalue weighted by atomic mass is 35.5. The lowest BCUT2D eigenvalue weighted by molar-refractivity contribution is 0.251. The maximum Gasteiger partial charge on any atom is 0.322 e. The second-order valence-corrected chi connectivity index (χ2v) is 7.14. The van der Waals surface area contributed by atoms with Crippen molar-refractivity contribution in [1.29, 1.82) is 0 Å². The fourth-order valence-electron chi connectivity index (χ4n) is 2.53. The van der Waals surface area contributed by atoms with Crippen molar-refractivity contribution < 1.29 is 13.2 Å². The van der Waals surface area contributed by atoms with Crippen molar-refractivity contribution in [1.82, 2.24) is 5.32 Å². The van der Waals surface area contributed by atoms with Crippen LogP contribution in [-0.2, 0) is 9.84 Å². The van der Waals surface area contributed by atoms with Crippen LogP contribution in [-0.4, -0.2) is 38.0 Å². The molecule has 18 heavy (non-hydrogen) atoms. The third-order valence-corrected chi connectivity index (χ3v) is 5.22. The van der Waals surface area contributed by atoms with Gasteiger partial charge in [-0.25, -0.2) is 13.2 Å². The van der Waals surface area contributed by atoms with E-state index < -0.39 is 9.84 Å². The molecule has 2 amide bonds. The van der Waals surface area contributed by atoms with Crippen molar-refractivity contribution in [3.63, 3.8) is 0 Å². The van der Waals surface area contributed by atoms with Crippen LogP contribution in [0.3, 0.4) is 0 Å². The van der Waals surface area contributed by atoms with Gasteiger partial charge in [0.1, 0.15) is 0 Å². The molecule has 0 aliphatic carbocycles. The van der Waals surface area contributed by atoms with E-state index in [1.54, 1.807) is 24.3 Å². The number of hydrogen-bond acceptors (Lipinski definition) is 3. The summed E-state index contributed by atoms with van der Waals surface area (Å²) in [6, 6.07) is 5.95. The second kappa shape index (κ2) is 3.86. The van der Waals surface area contributed by atoms with E-state index in [0.29, 0.717) is 10.7 Å². The minimum Gasteiger partial charge on any atom is -0.332 e. The van der Waals surface area contributed by atoms with Crippen molar-refractivity contribution in [3.05, 3.63) is 29.3 Å². The minimum absolute atomic E-state index is 0.00290. The summed E-state index contributed by atoms with van der Waals surface area (Å²) in [4.78, 5) is 13.4. The second-order valence-electron chi connectivity index (χ2n) is 4.55. The topological polar surface area (TPSA) is 66.5 Å². The lowest BCUT2D eigenvalue weighted by atomic mass is 10.1. The number of rotatable bonds is 1. The van der Waals surface area contributed by atoms with E-state index in [1.165, 1.54) is 4.90 Å². The smallest absolute Gasteiger partial charge is 0.322 e. The number of nitrogens with zero attached hydrogens (tertiary/aromatic N) is 1. The molecule has 3 rings (SSSR count). The normalized spacial score (nSPS) is 29.2. The van der Waals surface area contributed by atoms with Crippen LogP contribution in [0.5, 0.6) is 0 Å². The Morgan fingerprint density at radius 3 is 2.83 bits per heavy atom. The number of anilines is 1. The zero-order chi connectivity index (χ0) is 12.9. The molecule has 2 saturated heterocycles. The summed E-state index contributed by atoms with van der Waals surface area (Å²) >= 11 is 5.89. The number of carbonyl (C=O) groups excluding carboxylic acids is 1. The number of amides is 2. The molecule has 0 bridgehead atoms. The molecule has 2 atom stereocenters. The van der Waals surface area contributed by atoms with E-state index in [2.05, 4.69) is 5.32 Å². The fourth-order valence-corrected chi connectivity index (χ4v) is 4.61. The molecule has 2 aliphatic rings. The SMILES string of the molecule is O=C1N[C@H]2CS(=O)(=O)C[C@@H]2N1c1cccc(Cl)c1. The zero-order valence-corrected chi connectivity index (χ0v) is 10.9. The number of benzene rings is 1. The number of urea groups is 1. The fraction of sp³-hybridized carbons (Fsp3) is 0.364. The maximum absolute atomic E-state index is 11.9. The molecule has 2 heterocycles. The van der Waals surface area contributed by atoms with Gasteiger partial charge in [0, 0.05) is 10.7 Å². The predicted octanol–water partition coefficient (Wildman–Crippen LogP) is 1.04. The van der Waals surface area contributed by atoms with E-state index in [9.17, 15) is 13.2 Å². The average Bonchev–Trinajstić information content (AvgIpc) is 2.68. The number of fused-ring (bicyclic) bond motifs is 1. The summed E-state index contributed by atoms with van der Waals surface area (Å²) in [5.74, 6) is 0.0173. The Morgan fingerprint density at radius 2 is 2.11 bits per heavy atom. The van der Waals surface area contributed by atoms with Crippen LogP contribution in [0.15, 0.2) is 24.3 Å². The molecular formula is C11H11ClN2O3S. The van der Waals surface area contributed by atoms with Gasteiger partial charge in [-0.05, 0) is 18.2 Å². The van der Waals surface area contributed by atoms with Gasteiger partial charge in [0.05, 0.1) is 23.6 Å². The van der Waals surface area contributed by atoms with Gasteiger partial charge in [0.2, 0.25) is 0 Å². The highest BCUT2D eigenvalue weighted by molar-refractivity contribution is 7.91. The van der Waals surface area contributed by atoms with Crippen LogP contribution in [0.25, 0.3) is 0 Å². The van der Waals surface area contributed by atoms with Crippen LogP contribution in [0.2, 0.25) is 5.02 Å². The molecule has 1 aromatic carbocycles. The molecule has 0 radical (unpaired) electrons. The number of carbonyl (C=O) groups is 1. The predicted molar refractivity (Wildman–Crippen MR) is 68.7 cm³/mol. The van der Waals surface area contributed by atoms with Crippen molar-refractivity contribution in [2.75, 3.05) is 16.4 Å². The van der Waals surface area contributed by atoms with Gasteiger partial charge in [-0.15, -0.1) is 0 Å². The Balaban J connectivity index is 1.99. The number of sulfone groups is 1. The summed E-state index contributed by atoms with van der Waals surface area (Å²) in [6.07, 6.45) is 0. The van der Waals surface area contributed by atoms with Crippen LogP contribution >= 0.6 is 11.6 Å². The molecule has 1 aromatic rings. The highest BCUT2D eigenvalue weighted by Crippen LogP contribution is 2.30. The van der Waals surface area contributed by atoms with E-state index >= 15 is 0 Å². The molecule has 5 nitrogen and oxygen atoms in total. The van der Waals surface area contributed by atoms with Crippen LogP contribution in [0, 0.1) is 0 Å². The summed E-state index contributed by atoms with van der Waals surface area (Å²) in [5, 5.41) is 3.22. The minimum atomic E-state index is -3.07. The first-order valence-electron chi connectivity index (χ1n) is 5.52. The van der Waals surface area contributed by atoms with Crippen molar-refractivity contribution in [2.45, 2.75) is 12.1 Å². The summed E-state index contributed by atoms with van der Waals surface area (Å²) in [6.45, 7) is 0. The van der Waals surface area contributed by atoms with E-state index in [1.807, 2.05) is 0 Å². The van der Waals surface area contributed by atoms with Crippen molar-refractivity contribution in [3.8, 4) is 0 Å². The highest BCUT2D eigenvalue weighted by Gasteiger charge is 2.49. The first-order valence-corrected chi connectivity index (χ1v) is 7.72. The van der Waals surface area contributed by atoms with Crippen LogP contribution in [0.4, 0.5) is 10.5 Å². The Labute approximate surface area is 110 Å². The molecular weight excluding hydrogens is 276 g/mol. The van der Waals surface area contributed by atoms with Crippen LogP contribution in [0.1, 0.15) is 0 Å². The standard InChI is InChI=1S/C11H11ClN2O3S/c12-7-2-1-3-8(4-7)14-10-6-18(16,17)5-9(10)13-11(14)15/h1-4,9-10H,5-6H2,(H,13,15)/t9-,10-/m0/s1. The number of nitrogens with one attached hydrogen (secondary N) is 1. The van der Waals surface area contributed by atoms with Gasteiger partial charge in [-0.1, -0.05) is 17.7 Å². The van der Waals surface area contributed by atoms with Gasteiger partial charge < -0.3 is 5.32 Å².